The van der Waals surface area contributed by atoms with E-state index < -0.39 is 10.2 Å². The fourth-order valence-corrected chi connectivity index (χ4v) is 2.24. The van der Waals surface area contributed by atoms with Crippen molar-refractivity contribution in [1.29, 1.82) is 0 Å². The molecule has 0 spiro atoms. The van der Waals surface area contributed by atoms with Gasteiger partial charge in [-0.2, -0.15) is 0 Å². The number of rotatable bonds is 2. The van der Waals surface area contributed by atoms with E-state index in [2.05, 4.69) is 0 Å². The van der Waals surface area contributed by atoms with E-state index in [1.807, 2.05) is 43.3 Å². The van der Waals surface area contributed by atoms with Crippen LogP contribution in [-0.4, -0.2) is 7.11 Å². The smallest absolute Gasteiger partial charge is 0.411 e. The quantitative estimate of drug-likeness (QED) is 0.539. The van der Waals surface area contributed by atoms with Gasteiger partial charge in [0.1, 0.15) is 11.1 Å². The van der Waals surface area contributed by atoms with E-state index in [0.717, 1.165) is 5.56 Å². The van der Waals surface area contributed by atoms with Gasteiger partial charge in [-0.25, -0.2) is 23.1 Å². The third kappa shape index (κ3) is 5.48. The summed E-state index contributed by atoms with van der Waals surface area (Å²) >= 11 is 0. The second kappa shape index (κ2) is 8.22. The molecule has 0 bridgehead atoms. The van der Waals surface area contributed by atoms with E-state index in [0.29, 0.717) is 22.5 Å². The molecule has 1 aromatic heterocycles. The predicted octanol–water partition coefficient (Wildman–Crippen LogP) is -0.698. The number of ether oxygens (including phenoxy) is 1. The van der Waals surface area contributed by atoms with Gasteiger partial charge in [0.25, 0.3) is 5.43 Å². The van der Waals surface area contributed by atoms with Gasteiger partial charge in [-0.1, -0.05) is 29.8 Å². The van der Waals surface area contributed by atoms with Crippen LogP contribution < -0.4 is 28.8 Å². The zero-order valence-corrected chi connectivity index (χ0v) is 14.7. The third-order valence-electron chi connectivity index (χ3n) is 3.39. The molecular weight excluding hydrogens is 364 g/mol. The molecular formula is C18H15ClO7. The second-order valence-corrected chi connectivity index (χ2v) is 6.00. The summed E-state index contributed by atoms with van der Waals surface area (Å²) in [6, 6.07) is 16.6. The Morgan fingerprint density at radius 1 is 0.962 bits per heavy atom. The van der Waals surface area contributed by atoms with E-state index >= 15 is 0 Å². The molecule has 136 valence electrons. The molecule has 0 fully saturated rings. The van der Waals surface area contributed by atoms with Crippen LogP contribution in [0.5, 0.6) is 5.75 Å². The lowest BCUT2D eigenvalue weighted by atomic mass is 10.1. The van der Waals surface area contributed by atoms with E-state index in [1.165, 1.54) is 11.6 Å². The third-order valence-corrected chi connectivity index (χ3v) is 3.39. The van der Waals surface area contributed by atoms with E-state index in [-0.39, 0.29) is 5.43 Å². The molecule has 0 unspecified atom stereocenters. The zero-order chi connectivity index (χ0) is 19.3. The Balaban J connectivity index is 0.000000431. The zero-order valence-electron chi connectivity index (χ0n) is 13.9. The van der Waals surface area contributed by atoms with Gasteiger partial charge >= 0.3 is 11.3 Å². The SMILES string of the molecule is COc1cc(-c2ccc(C)cc2)[o+]c2c(=O)ccccc12.[O-][Cl+3]([O-])([O-])[O-]. The molecule has 7 nitrogen and oxygen atoms in total. The lowest BCUT2D eigenvalue weighted by molar-refractivity contribution is -2.00. The summed E-state index contributed by atoms with van der Waals surface area (Å²) < 4.78 is 45.2. The highest BCUT2D eigenvalue weighted by atomic mass is 35.7. The van der Waals surface area contributed by atoms with Crippen molar-refractivity contribution >= 4 is 11.0 Å². The van der Waals surface area contributed by atoms with Crippen molar-refractivity contribution in [1.82, 2.24) is 0 Å². The molecule has 0 aliphatic rings. The summed E-state index contributed by atoms with van der Waals surface area (Å²) in [6.07, 6.45) is 0. The fourth-order valence-electron chi connectivity index (χ4n) is 2.24. The first-order valence-electron chi connectivity index (χ1n) is 7.32. The van der Waals surface area contributed by atoms with E-state index in [4.69, 9.17) is 27.8 Å². The number of benzene rings is 1. The van der Waals surface area contributed by atoms with Crippen molar-refractivity contribution in [3.63, 3.8) is 0 Å². The first-order chi connectivity index (χ1) is 12.2. The van der Waals surface area contributed by atoms with E-state index in [1.54, 1.807) is 19.2 Å². The van der Waals surface area contributed by atoms with Gasteiger partial charge in [-0.15, -0.1) is 10.2 Å². The van der Waals surface area contributed by atoms with E-state index in [9.17, 15) is 4.79 Å². The topological polar surface area (TPSA) is 130 Å². The Bertz CT molecular complexity index is 944. The van der Waals surface area contributed by atoms with Crippen molar-refractivity contribution in [2.75, 3.05) is 7.11 Å². The summed E-state index contributed by atoms with van der Waals surface area (Å²) in [7, 11) is -3.36. The first kappa shape index (κ1) is 19.8. The standard InChI is InChI=1S/C18H15O3.ClHO4/c1-12-7-9-13(10-8-12)16-11-17(20-2)14-5-3-4-6-15(19)18(14)21-16;2-1(3,4)5/h3-11H,1-2H3;(H,2,3,4,5)/q+1;/p-1. The van der Waals surface area contributed by atoms with Crippen LogP contribution in [0.25, 0.3) is 22.3 Å². The van der Waals surface area contributed by atoms with Crippen molar-refractivity contribution < 1.29 is 38.0 Å². The Hall–Kier alpha value is -2.55. The number of fused-ring (bicyclic) bond motifs is 1. The molecule has 0 radical (unpaired) electrons. The molecule has 26 heavy (non-hydrogen) atoms. The largest absolute Gasteiger partial charge is 0.495 e. The summed E-state index contributed by atoms with van der Waals surface area (Å²) in [5.41, 5.74) is 2.21. The number of halogens is 1. The molecule has 2 aromatic carbocycles. The second-order valence-electron chi connectivity index (χ2n) is 5.25. The van der Waals surface area contributed by atoms with Gasteiger partial charge in [0.2, 0.25) is 0 Å². The van der Waals surface area contributed by atoms with Crippen molar-refractivity contribution in [2.45, 2.75) is 6.92 Å². The number of hydrogen-bond donors (Lipinski definition) is 0. The van der Waals surface area contributed by atoms with Crippen LogP contribution in [0.3, 0.4) is 0 Å². The molecule has 3 aromatic rings. The summed E-state index contributed by atoms with van der Waals surface area (Å²) in [4.78, 5) is 12.1. The minimum absolute atomic E-state index is 0.165. The Kier molecular flexibility index (Phi) is 6.25. The maximum atomic E-state index is 12.1. The normalized spacial score (nSPS) is 10.8. The van der Waals surface area contributed by atoms with Crippen LogP contribution in [0.1, 0.15) is 5.56 Å². The van der Waals surface area contributed by atoms with Gasteiger partial charge in [0.15, 0.2) is 0 Å². The lowest BCUT2D eigenvalue weighted by Gasteiger charge is -2.17. The molecule has 0 aliphatic heterocycles. The molecule has 1 heterocycles. The fraction of sp³-hybridized carbons (Fsp3) is 0.111. The summed E-state index contributed by atoms with van der Waals surface area (Å²) in [6.45, 7) is 2.03. The number of aryl methyl sites for hydroxylation is 1. The Morgan fingerprint density at radius 3 is 2.12 bits per heavy atom. The highest BCUT2D eigenvalue weighted by Crippen LogP contribution is 2.30. The van der Waals surface area contributed by atoms with Gasteiger partial charge in [-0.05, 0) is 31.2 Å². The number of hydrogen-bond acceptors (Lipinski definition) is 6. The van der Waals surface area contributed by atoms with Gasteiger partial charge in [-0.3, -0.25) is 4.79 Å². The maximum Gasteiger partial charge on any atom is 0.411 e. The molecule has 0 aliphatic carbocycles. The maximum absolute atomic E-state index is 12.1. The molecule has 3 rings (SSSR count). The van der Waals surface area contributed by atoms with Crippen LogP contribution in [-0.2, 0) is 0 Å². The molecule has 0 saturated heterocycles. The predicted molar refractivity (Wildman–Crippen MR) is 83.6 cm³/mol. The highest BCUT2D eigenvalue weighted by molar-refractivity contribution is 5.85. The summed E-state index contributed by atoms with van der Waals surface area (Å²) in [5, 5.41) is 0.670. The molecule has 0 N–H and O–H groups in total. The Labute approximate surface area is 151 Å². The minimum Gasteiger partial charge on any atom is -0.495 e. The summed E-state index contributed by atoms with van der Waals surface area (Å²) in [5.74, 6) is 1.24. The Morgan fingerprint density at radius 2 is 1.54 bits per heavy atom. The van der Waals surface area contributed by atoms with Crippen molar-refractivity contribution in [2.24, 2.45) is 0 Å². The average Bonchev–Trinajstić information content (AvgIpc) is 2.75. The minimum atomic E-state index is -4.94. The van der Waals surface area contributed by atoms with Crippen LogP contribution in [0.4, 0.5) is 0 Å². The molecule has 0 atom stereocenters. The van der Waals surface area contributed by atoms with Crippen molar-refractivity contribution in [3.05, 3.63) is 70.4 Å². The van der Waals surface area contributed by atoms with Crippen LogP contribution in [0.15, 0.2) is 63.8 Å². The average molecular weight is 379 g/mol. The highest BCUT2D eigenvalue weighted by Gasteiger charge is 2.21. The first-order valence-corrected chi connectivity index (χ1v) is 8.55. The van der Waals surface area contributed by atoms with Crippen LogP contribution in [0, 0.1) is 17.2 Å². The monoisotopic (exact) mass is 378 g/mol. The molecule has 8 heteroatoms. The van der Waals surface area contributed by atoms with Crippen LogP contribution in [0.2, 0.25) is 0 Å². The molecule has 0 amide bonds. The van der Waals surface area contributed by atoms with Gasteiger partial charge in [0, 0.05) is 0 Å². The van der Waals surface area contributed by atoms with Crippen LogP contribution >= 0.6 is 0 Å². The van der Waals surface area contributed by atoms with Gasteiger partial charge < -0.3 is 4.74 Å². The molecule has 0 saturated carbocycles. The van der Waals surface area contributed by atoms with Gasteiger partial charge in [0.05, 0.1) is 18.7 Å². The number of methoxy groups -OCH3 is 1. The van der Waals surface area contributed by atoms with Crippen molar-refractivity contribution in [3.8, 4) is 17.1 Å². The lowest BCUT2D eigenvalue weighted by Crippen LogP contribution is -2.68.